The van der Waals surface area contributed by atoms with E-state index in [9.17, 15) is 0 Å². The number of hydrogen-bond donors (Lipinski definition) is 0. The minimum absolute atomic E-state index is 1.06. The largest absolute Gasteiger partial charge is 0.0619 e. The molecule has 0 amide bonds. The predicted molar refractivity (Wildman–Crippen MR) is 107 cm³/mol. The standard InChI is InChI=1S/C25H20/c1-16-17(2)24(22-13-7-10-18-8-3-5-11-20(18)22)15-25-21-12-6-4-9-19(21)14-23(16)25/h3-13,15H,14H2,1-2H3. The lowest BCUT2D eigenvalue weighted by molar-refractivity contribution is 1.19. The van der Waals surface area contributed by atoms with Crippen molar-refractivity contribution in [1.29, 1.82) is 0 Å². The fourth-order valence-corrected chi connectivity index (χ4v) is 4.31. The number of fused-ring (bicyclic) bond motifs is 4. The molecule has 120 valence electrons. The van der Waals surface area contributed by atoms with E-state index in [0.29, 0.717) is 0 Å². The van der Waals surface area contributed by atoms with Gasteiger partial charge in [-0.2, -0.15) is 0 Å². The van der Waals surface area contributed by atoms with Crippen molar-refractivity contribution >= 4 is 10.8 Å². The van der Waals surface area contributed by atoms with Crippen LogP contribution in [0.15, 0.2) is 72.8 Å². The molecule has 0 saturated heterocycles. The Morgan fingerprint density at radius 2 is 1.32 bits per heavy atom. The van der Waals surface area contributed by atoms with E-state index in [1.165, 1.54) is 55.3 Å². The molecule has 0 heterocycles. The van der Waals surface area contributed by atoms with E-state index in [-0.39, 0.29) is 0 Å². The Labute approximate surface area is 148 Å². The van der Waals surface area contributed by atoms with Crippen LogP contribution in [0.2, 0.25) is 0 Å². The molecule has 1 aliphatic carbocycles. The molecule has 0 saturated carbocycles. The summed E-state index contributed by atoms with van der Waals surface area (Å²) in [4.78, 5) is 0. The third-order valence-electron chi connectivity index (χ3n) is 5.79. The zero-order chi connectivity index (χ0) is 17.0. The molecule has 0 bridgehead atoms. The molecule has 0 aliphatic heterocycles. The fraction of sp³-hybridized carbons (Fsp3) is 0.120. The van der Waals surface area contributed by atoms with Crippen molar-refractivity contribution in [2.75, 3.05) is 0 Å². The molecule has 4 aromatic carbocycles. The molecule has 4 aromatic rings. The van der Waals surface area contributed by atoms with Gasteiger partial charge in [-0.15, -0.1) is 0 Å². The van der Waals surface area contributed by atoms with Crippen LogP contribution < -0.4 is 0 Å². The molecule has 0 heteroatoms. The highest BCUT2D eigenvalue weighted by molar-refractivity contribution is 5.99. The summed E-state index contributed by atoms with van der Waals surface area (Å²) < 4.78 is 0. The smallest absolute Gasteiger partial charge is 0.00107 e. The second-order valence-corrected chi connectivity index (χ2v) is 7.06. The molecule has 0 atom stereocenters. The summed E-state index contributed by atoms with van der Waals surface area (Å²) in [6.07, 6.45) is 1.06. The summed E-state index contributed by atoms with van der Waals surface area (Å²) in [6.45, 7) is 4.56. The molecule has 5 rings (SSSR count). The van der Waals surface area contributed by atoms with Gasteiger partial charge in [-0.25, -0.2) is 0 Å². The van der Waals surface area contributed by atoms with Crippen molar-refractivity contribution in [2.45, 2.75) is 20.3 Å². The van der Waals surface area contributed by atoms with Gasteiger partial charge >= 0.3 is 0 Å². The summed E-state index contributed by atoms with van der Waals surface area (Å²) in [5.41, 5.74) is 11.3. The molecule has 0 N–H and O–H groups in total. The normalized spacial score (nSPS) is 12.2. The lowest BCUT2D eigenvalue weighted by atomic mass is 9.88. The minimum Gasteiger partial charge on any atom is -0.0619 e. The van der Waals surface area contributed by atoms with Gasteiger partial charge in [-0.3, -0.25) is 0 Å². The first-order valence-electron chi connectivity index (χ1n) is 8.93. The summed E-state index contributed by atoms with van der Waals surface area (Å²) in [5.74, 6) is 0. The maximum absolute atomic E-state index is 2.42. The first-order chi connectivity index (χ1) is 12.2. The van der Waals surface area contributed by atoms with E-state index in [2.05, 4.69) is 86.6 Å². The third kappa shape index (κ3) is 2.07. The van der Waals surface area contributed by atoms with Crippen molar-refractivity contribution < 1.29 is 0 Å². The monoisotopic (exact) mass is 320 g/mol. The Bertz CT molecular complexity index is 1130. The third-order valence-corrected chi connectivity index (χ3v) is 5.79. The Hall–Kier alpha value is -2.86. The Balaban J connectivity index is 1.83. The number of benzene rings is 4. The summed E-state index contributed by atoms with van der Waals surface area (Å²) >= 11 is 0. The van der Waals surface area contributed by atoms with Crippen LogP contribution in [-0.4, -0.2) is 0 Å². The first-order valence-corrected chi connectivity index (χ1v) is 8.93. The van der Waals surface area contributed by atoms with E-state index in [4.69, 9.17) is 0 Å². The van der Waals surface area contributed by atoms with E-state index in [1.54, 1.807) is 0 Å². The van der Waals surface area contributed by atoms with Crippen molar-refractivity contribution in [3.63, 3.8) is 0 Å². The maximum Gasteiger partial charge on any atom is -0.00107 e. The Morgan fingerprint density at radius 3 is 2.24 bits per heavy atom. The number of rotatable bonds is 1. The van der Waals surface area contributed by atoms with Crippen molar-refractivity contribution in [3.8, 4) is 22.3 Å². The van der Waals surface area contributed by atoms with Crippen LogP contribution in [0.25, 0.3) is 33.0 Å². The fourth-order valence-electron chi connectivity index (χ4n) is 4.31. The molecule has 0 spiro atoms. The zero-order valence-electron chi connectivity index (χ0n) is 14.6. The van der Waals surface area contributed by atoms with Crippen LogP contribution in [0.5, 0.6) is 0 Å². The maximum atomic E-state index is 2.42. The molecule has 1 aliphatic rings. The second-order valence-electron chi connectivity index (χ2n) is 7.06. The van der Waals surface area contributed by atoms with E-state index in [1.807, 2.05) is 0 Å². The van der Waals surface area contributed by atoms with Crippen LogP contribution >= 0.6 is 0 Å². The van der Waals surface area contributed by atoms with E-state index >= 15 is 0 Å². The summed E-state index contributed by atoms with van der Waals surface area (Å²) in [5, 5.41) is 2.64. The molecule has 0 radical (unpaired) electrons. The highest BCUT2D eigenvalue weighted by Gasteiger charge is 2.22. The van der Waals surface area contributed by atoms with Gasteiger partial charge in [0.25, 0.3) is 0 Å². The number of hydrogen-bond acceptors (Lipinski definition) is 0. The lowest BCUT2D eigenvalue weighted by Gasteiger charge is -2.16. The van der Waals surface area contributed by atoms with E-state index in [0.717, 1.165) is 6.42 Å². The van der Waals surface area contributed by atoms with Crippen LogP contribution in [-0.2, 0) is 6.42 Å². The Kier molecular flexibility index (Phi) is 3.08. The van der Waals surface area contributed by atoms with E-state index < -0.39 is 0 Å². The molecular formula is C25H20. The van der Waals surface area contributed by atoms with Gasteiger partial charge in [0, 0.05) is 0 Å². The SMILES string of the molecule is Cc1c(-c2cccc3ccccc23)cc2c(c1C)Cc1ccccc1-2. The highest BCUT2D eigenvalue weighted by atomic mass is 14.3. The molecule has 0 aromatic heterocycles. The van der Waals surface area contributed by atoms with Crippen molar-refractivity contribution in [2.24, 2.45) is 0 Å². The van der Waals surface area contributed by atoms with Gasteiger partial charge < -0.3 is 0 Å². The topological polar surface area (TPSA) is 0 Å². The quantitative estimate of drug-likeness (QED) is 0.322. The van der Waals surface area contributed by atoms with Gasteiger partial charge in [0.2, 0.25) is 0 Å². The van der Waals surface area contributed by atoms with Gasteiger partial charge in [0.1, 0.15) is 0 Å². The molecule has 0 nitrogen and oxygen atoms in total. The predicted octanol–water partition coefficient (Wildman–Crippen LogP) is 6.69. The van der Waals surface area contributed by atoms with Crippen LogP contribution in [0, 0.1) is 13.8 Å². The van der Waals surface area contributed by atoms with Crippen molar-refractivity contribution in [1.82, 2.24) is 0 Å². The van der Waals surface area contributed by atoms with Gasteiger partial charge in [0.05, 0.1) is 0 Å². The second kappa shape index (κ2) is 5.32. The van der Waals surface area contributed by atoms with Crippen molar-refractivity contribution in [3.05, 3.63) is 95.1 Å². The average Bonchev–Trinajstić information content (AvgIpc) is 3.03. The summed E-state index contributed by atoms with van der Waals surface area (Å²) in [7, 11) is 0. The van der Waals surface area contributed by atoms with Crippen LogP contribution in [0.4, 0.5) is 0 Å². The zero-order valence-corrected chi connectivity index (χ0v) is 14.6. The average molecular weight is 320 g/mol. The lowest BCUT2D eigenvalue weighted by Crippen LogP contribution is -1.95. The molecular weight excluding hydrogens is 300 g/mol. The molecule has 0 unspecified atom stereocenters. The van der Waals surface area contributed by atoms with Gasteiger partial charge in [-0.05, 0) is 81.6 Å². The molecule has 0 fully saturated rings. The minimum atomic E-state index is 1.06. The highest BCUT2D eigenvalue weighted by Crippen LogP contribution is 2.43. The van der Waals surface area contributed by atoms with Gasteiger partial charge in [0.15, 0.2) is 0 Å². The Morgan fingerprint density at radius 1 is 0.600 bits per heavy atom. The first kappa shape index (κ1) is 14.5. The summed E-state index contributed by atoms with van der Waals surface area (Å²) in [6, 6.07) is 26.6. The molecule has 25 heavy (non-hydrogen) atoms. The van der Waals surface area contributed by atoms with Gasteiger partial charge in [-0.1, -0.05) is 66.7 Å². The van der Waals surface area contributed by atoms with Crippen LogP contribution in [0.3, 0.4) is 0 Å². The van der Waals surface area contributed by atoms with Crippen LogP contribution in [0.1, 0.15) is 22.3 Å².